The minimum absolute atomic E-state index is 0.0226. The Morgan fingerprint density at radius 1 is 1.21 bits per heavy atom. The SMILES string of the molecule is COCCOc1ccc(NC(=O)N(C)C(C)c2ccc(S(N)(=O)=O)cc2)cn1. The Labute approximate surface area is 164 Å². The van der Waals surface area contributed by atoms with Gasteiger partial charge in [-0.3, -0.25) is 0 Å². The third-order valence-corrected chi connectivity index (χ3v) is 5.05. The first-order valence-electron chi connectivity index (χ1n) is 8.46. The van der Waals surface area contributed by atoms with E-state index in [2.05, 4.69) is 10.3 Å². The van der Waals surface area contributed by atoms with Crippen LogP contribution in [0, 0.1) is 0 Å². The van der Waals surface area contributed by atoms with Gasteiger partial charge in [-0.05, 0) is 30.7 Å². The van der Waals surface area contributed by atoms with Crippen LogP contribution in [0.25, 0.3) is 0 Å². The number of nitrogens with two attached hydrogens (primary N) is 1. The number of nitrogens with zero attached hydrogens (tertiary/aromatic N) is 2. The summed E-state index contributed by atoms with van der Waals surface area (Å²) in [6.07, 6.45) is 1.50. The highest BCUT2D eigenvalue weighted by atomic mass is 32.2. The number of primary sulfonamides is 1. The molecule has 2 rings (SSSR count). The highest BCUT2D eigenvalue weighted by molar-refractivity contribution is 7.89. The van der Waals surface area contributed by atoms with E-state index in [1.54, 1.807) is 38.4 Å². The van der Waals surface area contributed by atoms with E-state index in [-0.39, 0.29) is 17.0 Å². The van der Waals surface area contributed by atoms with Crippen LogP contribution >= 0.6 is 0 Å². The Morgan fingerprint density at radius 2 is 1.89 bits per heavy atom. The van der Waals surface area contributed by atoms with Gasteiger partial charge < -0.3 is 19.7 Å². The summed E-state index contributed by atoms with van der Waals surface area (Å²) in [6, 6.07) is 8.80. The largest absolute Gasteiger partial charge is 0.475 e. The van der Waals surface area contributed by atoms with Crippen molar-refractivity contribution in [3.63, 3.8) is 0 Å². The number of nitrogens with one attached hydrogen (secondary N) is 1. The zero-order chi connectivity index (χ0) is 20.7. The van der Waals surface area contributed by atoms with Crippen molar-refractivity contribution in [1.82, 2.24) is 9.88 Å². The molecule has 1 aromatic carbocycles. The number of methoxy groups -OCH3 is 1. The van der Waals surface area contributed by atoms with E-state index in [0.717, 1.165) is 5.56 Å². The molecule has 1 unspecified atom stereocenters. The molecule has 0 aliphatic heterocycles. The summed E-state index contributed by atoms with van der Waals surface area (Å²) >= 11 is 0. The molecule has 0 bridgehead atoms. The van der Waals surface area contributed by atoms with Crippen molar-refractivity contribution in [2.45, 2.75) is 17.9 Å². The molecule has 0 aliphatic carbocycles. The van der Waals surface area contributed by atoms with Crippen molar-refractivity contribution in [2.24, 2.45) is 5.14 Å². The van der Waals surface area contributed by atoms with Crippen LogP contribution in [0.4, 0.5) is 10.5 Å². The first kappa shape index (κ1) is 21.6. The summed E-state index contributed by atoms with van der Waals surface area (Å²) in [6.45, 7) is 2.68. The number of amides is 2. The first-order valence-corrected chi connectivity index (χ1v) is 10.0. The van der Waals surface area contributed by atoms with Gasteiger partial charge in [0.1, 0.15) is 6.61 Å². The lowest BCUT2D eigenvalue weighted by molar-refractivity contribution is 0.144. The van der Waals surface area contributed by atoms with E-state index >= 15 is 0 Å². The van der Waals surface area contributed by atoms with E-state index in [9.17, 15) is 13.2 Å². The Morgan fingerprint density at radius 3 is 2.43 bits per heavy atom. The van der Waals surface area contributed by atoms with Crippen LogP contribution in [0.3, 0.4) is 0 Å². The lowest BCUT2D eigenvalue weighted by Crippen LogP contribution is -2.33. The molecule has 28 heavy (non-hydrogen) atoms. The predicted octanol–water partition coefficient (Wildman–Crippen LogP) is 1.98. The lowest BCUT2D eigenvalue weighted by atomic mass is 10.1. The maximum Gasteiger partial charge on any atom is 0.322 e. The molecule has 2 aromatic rings. The molecule has 1 atom stereocenters. The molecule has 10 heteroatoms. The van der Waals surface area contributed by atoms with Crippen LogP contribution in [0.5, 0.6) is 5.88 Å². The number of hydrogen-bond donors (Lipinski definition) is 2. The standard InChI is InChI=1S/C18H24N4O5S/c1-13(14-4-7-16(8-5-14)28(19,24)25)22(2)18(23)21-15-6-9-17(20-12-15)27-11-10-26-3/h4-9,12-13H,10-11H2,1-3H3,(H,21,23)(H2,19,24,25). The minimum Gasteiger partial charge on any atom is -0.475 e. The summed E-state index contributed by atoms with van der Waals surface area (Å²) in [5.41, 5.74) is 1.29. The summed E-state index contributed by atoms with van der Waals surface area (Å²) in [5.74, 6) is 0.437. The summed E-state index contributed by atoms with van der Waals surface area (Å²) in [7, 11) is -0.524. The summed E-state index contributed by atoms with van der Waals surface area (Å²) in [5, 5.41) is 7.85. The fraction of sp³-hybridized carbons (Fsp3) is 0.333. The van der Waals surface area contributed by atoms with Gasteiger partial charge in [0.2, 0.25) is 15.9 Å². The van der Waals surface area contributed by atoms with E-state index in [4.69, 9.17) is 14.6 Å². The average molecular weight is 408 g/mol. The van der Waals surface area contributed by atoms with Crippen molar-refractivity contribution < 1.29 is 22.7 Å². The normalized spacial score (nSPS) is 12.3. The molecule has 2 amide bonds. The van der Waals surface area contributed by atoms with Gasteiger partial charge in [0.05, 0.1) is 29.4 Å². The fourth-order valence-corrected chi connectivity index (χ4v) is 2.83. The van der Waals surface area contributed by atoms with Crippen molar-refractivity contribution in [1.29, 1.82) is 0 Å². The van der Waals surface area contributed by atoms with Crippen LogP contribution < -0.4 is 15.2 Å². The Hall–Kier alpha value is -2.69. The van der Waals surface area contributed by atoms with Gasteiger partial charge in [-0.25, -0.2) is 23.3 Å². The van der Waals surface area contributed by atoms with E-state index in [1.807, 2.05) is 6.92 Å². The van der Waals surface area contributed by atoms with Gasteiger partial charge in [0, 0.05) is 20.2 Å². The number of benzene rings is 1. The zero-order valence-corrected chi connectivity index (χ0v) is 16.8. The number of urea groups is 1. The minimum atomic E-state index is -3.75. The van der Waals surface area contributed by atoms with Gasteiger partial charge in [-0.15, -0.1) is 0 Å². The quantitative estimate of drug-likeness (QED) is 0.644. The molecule has 3 N–H and O–H groups in total. The molecule has 0 radical (unpaired) electrons. The molecule has 1 aromatic heterocycles. The maximum atomic E-state index is 12.5. The lowest BCUT2D eigenvalue weighted by Gasteiger charge is -2.25. The predicted molar refractivity (Wildman–Crippen MR) is 105 cm³/mol. The van der Waals surface area contributed by atoms with Crippen LogP contribution in [0.1, 0.15) is 18.5 Å². The molecular weight excluding hydrogens is 384 g/mol. The van der Waals surface area contributed by atoms with E-state index in [0.29, 0.717) is 24.8 Å². The van der Waals surface area contributed by atoms with Crippen LogP contribution in [0.15, 0.2) is 47.5 Å². The third-order valence-electron chi connectivity index (χ3n) is 4.12. The number of carbonyl (C=O) groups excluding carboxylic acids is 1. The van der Waals surface area contributed by atoms with E-state index in [1.165, 1.54) is 23.2 Å². The molecule has 0 aliphatic rings. The number of aromatic nitrogens is 1. The number of carbonyl (C=O) groups is 1. The van der Waals surface area contributed by atoms with Gasteiger partial charge in [0.25, 0.3) is 0 Å². The number of hydrogen-bond acceptors (Lipinski definition) is 6. The number of pyridine rings is 1. The second-order valence-electron chi connectivity index (χ2n) is 6.06. The van der Waals surface area contributed by atoms with E-state index < -0.39 is 10.0 Å². The summed E-state index contributed by atoms with van der Waals surface area (Å²) in [4.78, 5) is 18.1. The molecule has 0 saturated carbocycles. The second-order valence-corrected chi connectivity index (χ2v) is 7.62. The van der Waals surface area contributed by atoms with Gasteiger partial charge in [-0.1, -0.05) is 12.1 Å². The highest BCUT2D eigenvalue weighted by Crippen LogP contribution is 2.21. The summed E-state index contributed by atoms with van der Waals surface area (Å²) < 4.78 is 32.9. The number of ether oxygens (including phenoxy) is 2. The monoisotopic (exact) mass is 408 g/mol. The first-order chi connectivity index (χ1) is 13.2. The number of anilines is 1. The Kier molecular flexibility index (Phi) is 7.32. The van der Waals surface area contributed by atoms with Gasteiger partial charge in [0.15, 0.2) is 0 Å². The van der Waals surface area contributed by atoms with Crippen LogP contribution in [-0.2, 0) is 14.8 Å². The van der Waals surface area contributed by atoms with Crippen molar-refractivity contribution in [2.75, 3.05) is 32.7 Å². The second kappa shape index (κ2) is 9.49. The highest BCUT2D eigenvalue weighted by Gasteiger charge is 2.18. The van der Waals surface area contributed by atoms with Crippen molar-refractivity contribution in [3.8, 4) is 5.88 Å². The number of rotatable bonds is 8. The van der Waals surface area contributed by atoms with Crippen molar-refractivity contribution >= 4 is 21.7 Å². The number of sulfonamides is 1. The Balaban J connectivity index is 1.97. The topological polar surface area (TPSA) is 124 Å². The average Bonchev–Trinajstić information content (AvgIpc) is 2.67. The molecular formula is C18H24N4O5S. The van der Waals surface area contributed by atoms with Crippen molar-refractivity contribution in [3.05, 3.63) is 48.2 Å². The fourth-order valence-electron chi connectivity index (χ4n) is 2.32. The van der Waals surface area contributed by atoms with Crippen LogP contribution in [0.2, 0.25) is 0 Å². The molecule has 9 nitrogen and oxygen atoms in total. The molecule has 0 saturated heterocycles. The molecule has 0 spiro atoms. The Bertz CT molecular complexity index is 885. The maximum absolute atomic E-state index is 12.5. The molecule has 1 heterocycles. The van der Waals surface area contributed by atoms with Gasteiger partial charge in [-0.2, -0.15) is 0 Å². The van der Waals surface area contributed by atoms with Gasteiger partial charge >= 0.3 is 6.03 Å². The smallest absolute Gasteiger partial charge is 0.322 e. The third kappa shape index (κ3) is 5.91. The molecule has 0 fully saturated rings. The zero-order valence-electron chi connectivity index (χ0n) is 16.0. The molecule has 152 valence electrons. The van der Waals surface area contributed by atoms with Crippen LogP contribution in [-0.4, -0.2) is 51.7 Å².